The highest BCUT2D eigenvalue weighted by atomic mass is 15.1. The Morgan fingerprint density at radius 3 is 1.64 bits per heavy atom. The minimum absolute atomic E-state index is 0.336. The fraction of sp³-hybridized carbons (Fsp3) is 0.0612. The number of hydrogen-bond donors (Lipinski definition) is 0. The molecule has 1 nitrogen and oxygen atoms in total. The van der Waals surface area contributed by atoms with E-state index in [0.717, 1.165) is 24.2 Å². The van der Waals surface area contributed by atoms with E-state index >= 15 is 0 Å². The molecule has 0 radical (unpaired) electrons. The molecule has 50 heavy (non-hydrogen) atoms. The average Bonchev–Trinajstić information content (AvgIpc) is 3.19. The molecule has 8 aromatic rings. The normalized spacial score (nSPS) is 12.0. The molecule has 0 saturated carbocycles. The number of para-hydroxylation sites is 1. The van der Waals surface area contributed by atoms with E-state index in [9.17, 15) is 0 Å². The van der Waals surface area contributed by atoms with E-state index in [1.807, 2.05) is 0 Å². The molecular weight excluding hydrogens is 603 g/mol. The summed E-state index contributed by atoms with van der Waals surface area (Å²) in [6.45, 7) is 0. The average molecular weight is 642 g/mol. The molecule has 0 N–H and O–H groups in total. The van der Waals surface area contributed by atoms with Crippen LogP contribution in [0.1, 0.15) is 40.2 Å². The van der Waals surface area contributed by atoms with Gasteiger partial charge >= 0.3 is 0 Å². The lowest BCUT2D eigenvalue weighted by Gasteiger charge is -2.27. The molecule has 0 amide bonds. The Bertz CT molecular complexity index is 2340. The van der Waals surface area contributed by atoms with Crippen LogP contribution in [-0.4, -0.2) is 0 Å². The Hall–Kier alpha value is -6.18. The van der Waals surface area contributed by atoms with Crippen molar-refractivity contribution in [2.75, 3.05) is 4.90 Å². The van der Waals surface area contributed by atoms with Gasteiger partial charge < -0.3 is 4.90 Å². The molecule has 240 valence electrons. The fourth-order valence-electron chi connectivity index (χ4n) is 7.18. The lowest BCUT2D eigenvalue weighted by atomic mass is 9.84. The molecule has 1 heteroatoms. The highest BCUT2D eigenvalue weighted by molar-refractivity contribution is 5.99. The second-order valence-electron chi connectivity index (χ2n) is 12.9. The van der Waals surface area contributed by atoms with Gasteiger partial charge in [-0.15, -0.1) is 0 Å². The van der Waals surface area contributed by atoms with Gasteiger partial charge in [0, 0.05) is 22.7 Å². The first-order valence-corrected chi connectivity index (χ1v) is 17.5. The van der Waals surface area contributed by atoms with Gasteiger partial charge in [-0.1, -0.05) is 176 Å². The number of hydrogen-bond acceptors (Lipinski definition) is 1. The zero-order valence-electron chi connectivity index (χ0n) is 28.1. The summed E-state index contributed by atoms with van der Waals surface area (Å²) in [6.07, 6.45) is 6.48. The number of benzene rings is 8. The predicted octanol–water partition coefficient (Wildman–Crippen LogP) is 13.4. The Morgan fingerprint density at radius 1 is 0.420 bits per heavy atom. The Balaban J connectivity index is 0.990. The Morgan fingerprint density at radius 2 is 0.940 bits per heavy atom. The molecule has 0 aliphatic heterocycles. The van der Waals surface area contributed by atoms with Gasteiger partial charge in [0.15, 0.2) is 0 Å². The van der Waals surface area contributed by atoms with E-state index in [-0.39, 0.29) is 0 Å². The first-order valence-electron chi connectivity index (χ1n) is 17.5. The maximum Gasteiger partial charge on any atom is 0.0540 e. The summed E-state index contributed by atoms with van der Waals surface area (Å²) < 4.78 is 0. The molecule has 0 aliphatic carbocycles. The van der Waals surface area contributed by atoms with Crippen molar-refractivity contribution in [3.8, 4) is 0 Å². The van der Waals surface area contributed by atoms with Gasteiger partial charge in [-0.2, -0.15) is 0 Å². The second-order valence-corrected chi connectivity index (χ2v) is 12.9. The van der Waals surface area contributed by atoms with Crippen LogP contribution in [0.25, 0.3) is 33.7 Å². The van der Waals surface area contributed by atoms with E-state index in [0.29, 0.717) is 5.92 Å². The summed E-state index contributed by atoms with van der Waals surface area (Å²) in [5.74, 6) is 0.336. The molecule has 0 fully saturated rings. The smallest absolute Gasteiger partial charge is 0.0540 e. The molecule has 1 atom stereocenters. The molecule has 0 saturated heterocycles. The Labute approximate surface area is 295 Å². The monoisotopic (exact) mass is 641 g/mol. The predicted molar refractivity (Wildman–Crippen MR) is 215 cm³/mol. The van der Waals surface area contributed by atoms with Crippen LogP contribution in [0.5, 0.6) is 0 Å². The molecule has 8 rings (SSSR count). The third-order valence-electron chi connectivity index (χ3n) is 9.74. The number of aryl methyl sites for hydroxylation is 1. The SMILES string of the molecule is C(=C\c1ccc(N(c2ccccc2)c2cccc3ccccc23)cc1)/c1ccc(CCC(c2ccccc2)c2cccc3ccccc23)cc1. The zero-order valence-corrected chi connectivity index (χ0v) is 28.1. The first kappa shape index (κ1) is 31.1. The van der Waals surface area contributed by atoms with Gasteiger partial charge in [0.2, 0.25) is 0 Å². The van der Waals surface area contributed by atoms with E-state index in [4.69, 9.17) is 0 Å². The van der Waals surface area contributed by atoms with E-state index in [1.54, 1.807) is 0 Å². The summed E-state index contributed by atoms with van der Waals surface area (Å²) in [5.41, 5.74) is 9.96. The summed E-state index contributed by atoms with van der Waals surface area (Å²) in [6, 6.07) is 70.1. The molecule has 8 aromatic carbocycles. The third kappa shape index (κ3) is 6.72. The van der Waals surface area contributed by atoms with Crippen LogP contribution in [0.3, 0.4) is 0 Å². The summed E-state index contributed by atoms with van der Waals surface area (Å²) >= 11 is 0. The Kier molecular flexibility index (Phi) is 9.03. The molecule has 1 unspecified atom stereocenters. The minimum Gasteiger partial charge on any atom is -0.310 e. The van der Waals surface area contributed by atoms with Crippen LogP contribution in [0.4, 0.5) is 17.1 Å². The van der Waals surface area contributed by atoms with Crippen LogP contribution >= 0.6 is 0 Å². The van der Waals surface area contributed by atoms with Crippen molar-refractivity contribution in [1.82, 2.24) is 0 Å². The minimum atomic E-state index is 0.336. The lowest BCUT2D eigenvalue weighted by molar-refractivity contribution is 0.720. The molecular formula is C49H39N. The first-order chi connectivity index (χ1) is 24.8. The van der Waals surface area contributed by atoms with Gasteiger partial charge in [-0.3, -0.25) is 0 Å². The number of fused-ring (bicyclic) bond motifs is 2. The zero-order chi connectivity index (χ0) is 33.5. The van der Waals surface area contributed by atoms with E-state index < -0.39 is 0 Å². The largest absolute Gasteiger partial charge is 0.310 e. The van der Waals surface area contributed by atoms with Crippen molar-refractivity contribution in [3.63, 3.8) is 0 Å². The molecule has 0 aromatic heterocycles. The molecule has 0 bridgehead atoms. The summed E-state index contributed by atoms with van der Waals surface area (Å²) in [4.78, 5) is 2.34. The van der Waals surface area contributed by atoms with Crippen LogP contribution < -0.4 is 4.90 Å². The van der Waals surface area contributed by atoms with Crippen molar-refractivity contribution in [1.29, 1.82) is 0 Å². The quantitative estimate of drug-likeness (QED) is 0.134. The van der Waals surface area contributed by atoms with Crippen molar-refractivity contribution in [2.24, 2.45) is 0 Å². The van der Waals surface area contributed by atoms with E-state index in [1.165, 1.54) is 55.0 Å². The number of rotatable bonds is 10. The van der Waals surface area contributed by atoms with Gasteiger partial charge in [0.25, 0.3) is 0 Å². The van der Waals surface area contributed by atoms with Crippen molar-refractivity contribution < 1.29 is 0 Å². The standard InChI is InChI=1S/C49H39N/c1-3-13-40(14-4-1)46(48-23-11-17-41-15-7-9-21-45(41)48)36-33-38-28-25-37(26-29-38)27-30-39-31-34-44(35-32-39)50(43-19-5-2-6-20-43)49-24-12-18-42-16-8-10-22-47(42)49/h1-32,34-35,46H,33,36H2/b30-27+. The van der Waals surface area contributed by atoms with Crippen molar-refractivity contribution >= 4 is 50.8 Å². The van der Waals surface area contributed by atoms with Gasteiger partial charge in [-0.05, 0) is 87.1 Å². The van der Waals surface area contributed by atoms with Gasteiger partial charge in [0.05, 0.1) is 5.69 Å². The van der Waals surface area contributed by atoms with Crippen LogP contribution in [0.15, 0.2) is 194 Å². The van der Waals surface area contributed by atoms with Crippen LogP contribution in [-0.2, 0) is 6.42 Å². The summed E-state index contributed by atoms with van der Waals surface area (Å²) in [5, 5.41) is 5.11. The van der Waals surface area contributed by atoms with Gasteiger partial charge in [0.1, 0.15) is 0 Å². The fourth-order valence-corrected chi connectivity index (χ4v) is 7.18. The van der Waals surface area contributed by atoms with Crippen LogP contribution in [0.2, 0.25) is 0 Å². The molecule has 0 spiro atoms. The third-order valence-corrected chi connectivity index (χ3v) is 9.74. The summed E-state index contributed by atoms with van der Waals surface area (Å²) in [7, 11) is 0. The van der Waals surface area contributed by atoms with Gasteiger partial charge in [-0.25, -0.2) is 0 Å². The molecule has 0 aliphatic rings. The van der Waals surface area contributed by atoms with E-state index in [2.05, 4.69) is 211 Å². The lowest BCUT2D eigenvalue weighted by Crippen LogP contribution is -2.10. The second kappa shape index (κ2) is 14.5. The van der Waals surface area contributed by atoms with Crippen LogP contribution in [0, 0.1) is 0 Å². The maximum atomic E-state index is 2.34. The topological polar surface area (TPSA) is 3.24 Å². The highest BCUT2D eigenvalue weighted by Gasteiger charge is 2.17. The van der Waals surface area contributed by atoms with Crippen molar-refractivity contribution in [2.45, 2.75) is 18.8 Å². The van der Waals surface area contributed by atoms with Crippen molar-refractivity contribution in [3.05, 3.63) is 222 Å². The number of nitrogens with zero attached hydrogens (tertiary/aromatic N) is 1. The number of anilines is 3. The maximum absolute atomic E-state index is 2.34. The highest BCUT2D eigenvalue weighted by Crippen LogP contribution is 2.39. The molecule has 0 heterocycles.